The van der Waals surface area contributed by atoms with E-state index in [0.717, 1.165) is 17.4 Å². The zero-order chi connectivity index (χ0) is 12.5. The lowest BCUT2D eigenvalue weighted by molar-refractivity contribution is 0.493. The van der Waals surface area contributed by atoms with Crippen molar-refractivity contribution in [2.24, 2.45) is 0 Å². The van der Waals surface area contributed by atoms with Gasteiger partial charge in [0.1, 0.15) is 6.33 Å². The van der Waals surface area contributed by atoms with Gasteiger partial charge in [-0.15, -0.1) is 0 Å². The fraction of sp³-hybridized carbons (Fsp3) is 0.364. The molecule has 1 aliphatic rings. The Balaban J connectivity index is 1.78. The van der Waals surface area contributed by atoms with E-state index < -0.39 is 0 Å². The Bertz CT molecular complexity index is 558. The highest BCUT2D eigenvalue weighted by atomic mass is 79.9. The third-order valence-electron chi connectivity index (χ3n) is 3.06. The Morgan fingerprint density at radius 1 is 1.39 bits per heavy atom. The van der Waals surface area contributed by atoms with Crippen molar-refractivity contribution in [1.82, 2.24) is 19.7 Å². The molecule has 7 heteroatoms. The van der Waals surface area contributed by atoms with E-state index in [4.69, 9.17) is 0 Å². The molecule has 94 valence electrons. The molecule has 0 radical (unpaired) electrons. The minimum Gasteiger partial charge on any atom is -0.352 e. The van der Waals surface area contributed by atoms with Crippen molar-refractivity contribution in [2.45, 2.75) is 12.5 Å². The molecule has 1 atom stereocenters. The van der Waals surface area contributed by atoms with Crippen LogP contribution in [-0.4, -0.2) is 32.8 Å². The Morgan fingerprint density at radius 3 is 3.00 bits per heavy atom. The number of nitrogens with zero attached hydrogens (tertiary/aromatic N) is 5. The summed E-state index contributed by atoms with van der Waals surface area (Å²) in [5.41, 5.74) is 0. The molecule has 1 fully saturated rings. The SMILES string of the molecule is Fc1cncnc1N1CCC(n2cc(Br)cn2)C1. The maximum absolute atomic E-state index is 13.6. The number of aromatic nitrogens is 4. The highest BCUT2D eigenvalue weighted by Crippen LogP contribution is 2.27. The van der Waals surface area contributed by atoms with Crippen molar-refractivity contribution in [2.75, 3.05) is 18.0 Å². The molecule has 0 saturated carbocycles. The molecule has 2 aromatic rings. The molecule has 0 spiro atoms. The number of halogens is 2. The lowest BCUT2D eigenvalue weighted by Crippen LogP contribution is -2.23. The molecule has 1 saturated heterocycles. The highest BCUT2D eigenvalue weighted by molar-refractivity contribution is 9.10. The zero-order valence-electron chi connectivity index (χ0n) is 9.50. The van der Waals surface area contributed by atoms with E-state index in [2.05, 4.69) is 31.0 Å². The number of rotatable bonds is 2. The van der Waals surface area contributed by atoms with Gasteiger partial charge in [0, 0.05) is 19.3 Å². The van der Waals surface area contributed by atoms with Crippen molar-refractivity contribution in [1.29, 1.82) is 0 Å². The van der Waals surface area contributed by atoms with E-state index >= 15 is 0 Å². The van der Waals surface area contributed by atoms with Crippen molar-refractivity contribution < 1.29 is 4.39 Å². The van der Waals surface area contributed by atoms with Crippen LogP contribution in [0.3, 0.4) is 0 Å². The van der Waals surface area contributed by atoms with Gasteiger partial charge >= 0.3 is 0 Å². The van der Waals surface area contributed by atoms with Gasteiger partial charge in [0.25, 0.3) is 0 Å². The highest BCUT2D eigenvalue weighted by Gasteiger charge is 2.27. The first-order chi connectivity index (χ1) is 8.74. The Hall–Kier alpha value is -1.50. The molecule has 0 amide bonds. The van der Waals surface area contributed by atoms with E-state index in [9.17, 15) is 4.39 Å². The van der Waals surface area contributed by atoms with Crippen molar-refractivity contribution in [3.63, 3.8) is 0 Å². The summed E-state index contributed by atoms with van der Waals surface area (Å²) in [4.78, 5) is 9.58. The lowest BCUT2D eigenvalue weighted by Gasteiger charge is -2.17. The third kappa shape index (κ3) is 2.10. The van der Waals surface area contributed by atoms with Crippen LogP contribution in [0.15, 0.2) is 29.4 Å². The molecular formula is C11H11BrFN5. The largest absolute Gasteiger partial charge is 0.352 e. The maximum atomic E-state index is 13.6. The average molecular weight is 312 g/mol. The van der Waals surface area contributed by atoms with Crippen molar-refractivity contribution in [3.05, 3.63) is 35.2 Å². The zero-order valence-corrected chi connectivity index (χ0v) is 11.1. The molecule has 0 aliphatic carbocycles. The van der Waals surface area contributed by atoms with Gasteiger partial charge < -0.3 is 4.90 Å². The van der Waals surface area contributed by atoms with E-state index in [-0.39, 0.29) is 11.9 Å². The average Bonchev–Trinajstić information content (AvgIpc) is 2.98. The minimum absolute atomic E-state index is 0.255. The number of hydrogen-bond acceptors (Lipinski definition) is 4. The first-order valence-corrected chi connectivity index (χ1v) is 6.43. The third-order valence-corrected chi connectivity index (χ3v) is 3.46. The second-order valence-corrected chi connectivity index (χ2v) is 5.14. The van der Waals surface area contributed by atoms with E-state index in [0.29, 0.717) is 12.4 Å². The van der Waals surface area contributed by atoms with Crippen LogP contribution < -0.4 is 4.90 Å². The van der Waals surface area contributed by atoms with Crippen LogP contribution in [0.2, 0.25) is 0 Å². The normalized spacial score (nSPS) is 19.4. The van der Waals surface area contributed by atoms with Gasteiger partial charge in [-0.05, 0) is 22.4 Å². The van der Waals surface area contributed by atoms with Crippen LogP contribution in [0.25, 0.3) is 0 Å². The fourth-order valence-electron chi connectivity index (χ4n) is 2.20. The van der Waals surface area contributed by atoms with Gasteiger partial charge in [0.2, 0.25) is 0 Å². The summed E-state index contributed by atoms with van der Waals surface area (Å²) >= 11 is 3.37. The lowest BCUT2D eigenvalue weighted by atomic mass is 10.3. The smallest absolute Gasteiger partial charge is 0.183 e. The molecule has 0 N–H and O–H groups in total. The predicted octanol–water partition coefficient (Wildman–Crippen LogP) is 2.03. The summed E-state index contributed by atoms with van der Waals surface area (Å²) in [6, 6.07) is 0.255. The van der Waals surface area contributed by atoms with Gasteiger partial charge in [-0.25, -0.2) is 14.4 Å². The molecule has 3 rings (SSSR count). The first-order valence-electron chi connectivity index (χ1n) is 5.64. The second kappa shape index (κ2) is 4.64. The van der Waals surface area contributed by atoms with Crippen LogP contribution in [0.5, 0.6) is 0 Å². The van der Waals surface area contributed by atoms with Gasteiger partial charge in [-0.2, -0.15) is 5.10 Å². The maximum Gasteiger partial charge on any atom is 0.183 e. The standard InChI is InChI=1S/C11H11BrFN5/c12-8-3-16-18(5-8)9-1-2-17(6-9)11-10(13)4-14-7-15-11/h3-5,7,9H,1-2,6H2. The molecule has 3 heterocycles. The minimum atomic E-state index is -0.375. The summed E-state index contributed by atoms with van der Waals surface area (Å²) in [5.74, 6) is -0.00137. The second-order valence-electron chi connectivity index (χ2n) is 4.22. The van der Waals surface area contributed by atoms with Crippen LogP contribution in [0.1, 0.15) is 12.5 Å². The Labute approximate surface area is 112 Å². The molecule has 0 aromatic carbocycles. The van der Waals surface area contributed by atoms with Gasteiger partial charge in [-0.3, -0.25) is 4.68 Å². The molecule has 0 bridgehead atoms. The van der Waals surface area contributed by atoms with Crippen LogP contribution in [0, 0.1) is 5.82 Å². The topological polar surface area (TPSA) is 46.8 Å². The monoisotopic (exact) mass is 311 g/mol. The molecule has 2 aromatic heterocycles. The summed E-state index contributed by atoms with van der Waals surface area (Å²) < 4.78 is 16.4. The van der Waals surface area contributed by atoms with Crippen LogP contribution >= 0.6 is 15.9 Å². The van der Waals surface area contributed by atoms with Gasteiger partial charge in [0.05, 0.1) is 22.9 Å². The van der Waals surface area contributed by atoms with Crippen LogP contribution in [-0.2, 0) is 0 Å². The van der Waals surface area contributed by atoms with Crippen molar-refractivity contribution >= 4 is 21.7 Å². The van der Waals surface area contributed by atoms with E-state index in [1.54, 1.807) is 6.20 Å². The van der Waals surface area contributed by atoms with Crippen molar-refractivity contribution in [3.8, 4) is 0 Å². The van der Waals surface area contributed by atoms with Crippen LogP contribution in [0.4, 0.5) is 10.2 Å². The Morgan fingerprint density at radius 2 is 2.28 bits per heavy atom. The first kappa shape index (κ1) is 11.6. The molecule has 18 heavy (non-hydrogen) atoms. The summed E-state index contributed by atoms with van der Waals surface area (Å²) in [5, 5.41) is 4.26. The Kier molecular flexibility index (Phi) is 2.99. The molecule has 1 unspecified atom stereocenters. The predicted molar refractivity (Wildman–Crippen MR) is 67.8 cm³/mol. The van der Waals surface area contributed by atoms with E-state index in [1.807, 2.05) is 15.8 Å². The molecular weight excluding hydrogens is 301 g/mol. The summed E-state index contributed by atoms with van der Waals surface area (Å²) in [7, 11) is 0. The fourth-order valence-corrected chi connectivity index (χ4v) is 2.50. The molecule has 5 nitrogen and oxygen atoms in total. The number of anilines is 1. The van der Waals surface area contributed by atoms with E-state index in [1.165, 1.54) is 12.5 Å². The quantitative estimate of drug-likeness (QED) is 0.851. The molecule has 1 aliphatic heterocycles. The number of hydrogen-bond donors (Lipinski definition) is 0. The summed E-state index contributed by atoms with van der Waals surface area (Å²) in [6.07, 6.45) is 7.19. The van der Waals surface area contributed by atoms with Gasteiger partial charge in [-0.1, -0.05) is 0 Å². The summed E-state index contributed by atoms with van der Waals surface area (Å²) in [6.45, 7) is 1.48. The van der Waals surface area contributed by atoms with Gasteiger partial charge in [0.15, 0.2) is 11.6 Å².